The molecule has 1 aliphatic heterocycles. The molecule has 0 aliphatic carbocycles. The van der Waals surface area contributed by atoms with Crippen molar-refractivity contribution in [2.45, 2.75) is 13.3 Å². The Labute approximate surface area is 166 Å². The zero-order valence-electron chi connectivity index (χ0n) is 15.8. The number of carbonyl (C=O) groups is 4. The molecule has 29 heavy (non-hydrogen) atoms. The first-order valence-electron chi connectivity index (χ1n) is 9.08. The maximum Gasteiger partial charge on any atom is 0.243 e. The molecule has 8 heteroatoms. The predicted molar refractivity (Wildman–Crippen MR) is 105 cm³/mol. The maximum atomic E-state index is 13.0. The zero-order chi connectivity index (χ0) is 21.0. The van der Waals surface area contributed by atoms with E-state index in [2.05, 4.69) is 10.6 Å². The van der Waals surface area contributed by atoms with Gasteiger partial charge in [0.05, 0.1) is 12.5 Å². The molecule has 1 heterocycles. The molecule has 2 N–H and O–H groups in total. The van der Waals surface area contributed by atoms with Crippen molar-refractivity contribution in [3.63, 3.8) is 0 Å². The van der Waals surface area contributed by atoms with Crippen LogP contribution in [0.3, 0.4) is 0 Å². The Morgan fingerprint density at radius 3 is 2.55 bits per heavy atom. The van der Waals surface area contributed by atoms with Gasteiger partial charge in [-0.3, -0.25) is 19.2 Å². The molecule has 0 unspecified atom stereocenters. The summed E-state index contributed by atoms with van der Waals surface area (Å²) in [6.45, 7) is 1.34. The molecule has 1 atom stereocenters. The largest absolute Gasteiger partial charge is 0.347 e. The fourth-order valence-corrected chi connectivity index (χ4v) is 3.09. The topological polar surface area (TPSA) is 95.6 Å². The first-order valence-corrected chi connectivity index (χ1v) is 9.08. The lowest BCUT2D eigenvalue weighted by Crippen LogP contribution is -2.37. The van der Waals surface area contributed by atoms with Crippen LogP contribution in [0.25, 0.3) is 0 Å². The van der Waals surface area contributed by atoms with E-state index in [1.807, 2.05) is 0 Å². The van der Waals surface area contributed by atoms with Crippen molar-refractivity contribution in [1.82, 2.24) is 5.32 Å². The van der Waals surface area contributed by atoms with Crippen molar-refractivity contribution in [3.05, 3.63) is 59.9 Å². The minimum absolute atomic E-state index is 0.0193. The van der Waals surface area contributed by atoms with Crippen LogP contribution in [0, 0.1) is 11.7 Å². The highest BCUT2D eigenvalue weighted by Gasteiger charge is 2.35. The molecule has 2 aromatic carbocycles. The summed E-state index contributed by atoms with van der Waals surface area (Å²) in [5.41, 5.74) is 1.45. The van der Waals surface area contributed by atoms with Gasteiger partial charge < -0.3 is 15.5 Å². The Balaban J connectivity index is 1.52. The van der Waals surface area contributed by atoms with Crippen LogP contribution < -0.4 is 15.5 Å². The summed E-state index contributed by atoms with van der Waals surface area (Å²) in [6, 6.07) is 12.0. The Hall–Kier alpha value is -3.55. The summed E-state index contributed by atoms with van der Waals surface area (Å²) in [5, 5.41) is 5.14. The van der Waals surface area contributed by atoms with Gasteiger partial charge >= 0.3 is 0 Å². The van der Waals surface area contributed by atoms with Gasteiger partial charge in [0, 0.05) is 29.9 Å². The summed E-state index contributed by atoms with van der Waals surface area (Å²) in [4.78, 5) is 49.4. The molecule has 0 aromatic heterocycles. The van der Waals surface area contributed by atoms with Crippen molar-refractivity contribution in [3.8, 4) is 0 Å². The van der Waals surface area contributed by atoms with Gasteiger partial charge in [0.15, 0.2) is 5.78 Å². The van der Waals surface area contributed by atoms with Crippen molar-refractivity contribution >= 4 is 34.9 Å². The van der Waals surface area contributed by atoms with Gasteiger partial charge in [-0.15, -0.1) is 0 Å². The van der Waals surface area contributed by atoms with Gasteiger partial charge in [-0.2, -0.15) is 0 Å². The number of nitrogens with one attached hydrogen (secondary N) is 2. The molecule has 0 spiro atoms. The van der Waals surface area contributed by atoms with Gasteiger partial charge in [0.25, 0.3) is 0 Å². The highest BCUT2D eigenvalue weighted by atomic mass is 19.1. The first kappa shape index (κ1) is 20.2. The maximum absolute atomic E-state index is 13.0. The number of hydrogen-bond donors (Lipinski definition) is 2. The Morgan fingerprint density at radius 2 is 1.86 bits per heavy atom. The molecule has 0 radical (unpaired) electrons. The normalized spacial score (nSPS) is 15.9. The quantitative estimate of drug-likeness (QED) is 0.730. The highest BCUT2D eigenvalue weighted by molar-refractivity contribution is 6.02. The third kappa shape index (κ3) is 5.04. The molecule has 1 fully saturated rings. The molecule has 150 valence electrons. The fraction of sp³-hybridized carbons (Fsp3) is 0.238. The van der Waals surface area contributed by atoms with Gasteiger partial charge in [-0.25, -0.2) is 4.39 Å². The number of benzene rings is 2. The number of halogens is 1. The van der Waals surface area contributed by atoms with Crippen LogP contribution in [0.2, 0.25) is 0 Å². The molecule has 0 bridgehead atoms. The molecular formula is C21H20FN3O4. The average molecular weight is 397 g/mol. The predicted octanol–water partition coefficient (Wildman–Crippen LogP) is 2.14. The van der Waals surface area contributed by atoms with Crippen LogP contribution in [-0.4, -0.2) is 36.6 Å². The minimum atomic E-state index is -0.596. The fourth-order valence-electron chi connectivity index (χ4n) is 3.09. The Bertz CT molecular complexity index is 959. The van der Waals surface area contributed by atoms with E-state index in [0.717, 1.165) is 0 Å². The van der Waals surface area contributed by atoms with Gasteiger partial charge in [0.2, 0.25) is 17.7 Å². The first-order chi connectivity index (χ1) is 13.8. The second-order valence-corrected chi connectivity index (χ2v) is 6.78. The number of rotatable bonds is 6. The van der Waals surface area contributed by atoms with E-state index in [1.54, 1.807) is 24.3 Å². The second kappa shape index (κ2) is 8.64. The summed E-state index contributed by atoms with van der Waals surface area (Å²) in [6.07, 6.45) is 0.0193. The monoisotopic (exact) mass is 397 g/mol. The van der Waals surface area contributed by atoms with Crippen LogP contribution in [0.15, 0.2) is 48.5 Å². The van der Waals surface area contributed by atoms with Gasteiger partial charge in [0.1, 0.15) is 5.82 Å². The molecule has 3 rings (SSSR count). The molecule has 7 nitrogen and oxygen atoms in total. The highest BCUT2D eigenvalue weighted by Crippen LogP contribution is 2.25. The number of Topliss-reactive ketones (excluding diaryl/α,β-unsaturated/α-hetero) is 1. The van der Waals surface area contributed by atoms with E-state index < -0.39 is 23.5 Å². The van der Waals surface area contributed by atoms with Crippen LogP contribution in [-0.2, 0) is 14.4 Å². The van der Waals surface area contributed by atoms with E-state index in [1.165, 1.54) is 36.1 Å². The van der Waals surface area contributed by atoms with E-state index >= 15 is 0 Å². The summed E-state index contributed by atoms with van der Waals surface area (Å²) < 4.78 is 13.0. The van der Waals surface area contributed by atoms with Gasteiger partial charge in [-0.1, -0.05) is 12.1 Å². The average Bonchev–Trinajstić information content (AvgIpc) is 3.08. The third-order valence-corrected chi connectivity index (χ3v) is 4.61. The number of hydrogen-bond acceptors (Lipinski definition) is 4. The smallest absolute Gasteiger partial charge is 0.243 e. The van der Waals surface area contributed by atoms with Crippen LogP contribution in [0.5, 0.6) is 0 Å². The number of anilines is 2. The van der Waals surface area contributed by atoms with E-state index in [0.29, 0.717) is 16.9 Å². The van der Waals surface area contributed by atoms with E-state index in [4.69, 9.17) is 0 Å². The van der Waals surface area contributed by atoms with Crippen molar-refractivity contribution in [2.24, 2.45) is 5.92 Å². The molecule has 3 amide bonds. The third-order valence-electron chi connectivity index (χ3n) is 4.61. The molecule has 1 saturated heterocycles. The minimum Gasteiger partial charge on any atom is -0.347 e. The lowest BCUT2D eigenvalue weighted by molar-refractivity contribution is -0.127. The van der Waals surface area contributed by atoms with Crippen molar-refractivity contribution in [2.75, 3.05) is 23.3 Å². The number of nitrogens with zero attached hydrogens (tertiary/aromatic N) is 1. The van der Waals surface area contributed by atoms with Crippen LogP contribution in [0.4, 0.5) is 15.8 Å². The van der Waals surface area contributed by atoms with Crippen molar-refractivity contribution < 1.29 is 23.6 Å². The lowest BCUT2D eigenvalue weighted by Gasteiger charge is -2.16. The summed E-state index contributed by atoms with van der Waals surface area (Å²) in [5.74, 6) is -2.21. The number of ketones is 1. The molecule has 0 saturated carbocycles. The summed E-state index contributed by atoms with van der Waals surface area (Å²) in [7, 11) is 0. The van der Waals surface area contributed by atoms with Crippen molar-refractivity contribution in [1.29, 1.82) is 0 Å². The number of carbonyl (C=O) groups excluding carboxylic acids is 4. The molecular weight excluding hydrogens is 377 g/mol. The Kier molecular flexibility index (Phi) is 6.01. The second-order valence-electron chi connectivity index (χ2n) is 6.78. The van der Waals surface area contributed by atoms with Crippen LogP contribution in [0.1, 0.15) is 23.7 Å². The summed E-state index contributed by atoms with van der Waals surface area (Å²) >= 11 is 0. The standard InChI is InChI=1S/C21H20FN3O4/c1-13(26)14-3-2-4-17(9-14)24-19(27)11-23-21(29)15-10-20(28)25(12-15)18-7-5-16(22)6-8-18/h2-9,15H,10-12H2,1H3,(H,23,29)(H,24,27)/t15-/m1/s1. The lowest BCUT2D eigenvalue weighted by atomic mass is 10.1. The molecule has 1 aliphatic rings. The molecule has 2 aromatic rings. The van der Waals surface area contributed by atoms with E-state index in [-0.39, 0.29) is 31.2 Å². The SMILES string of the molecule is CC(=O)c1cccc(NC(=O)CNC(=O)[C@@H]2CC(=O)N(c3ccc(F)cc3)C2)c1. The zero-order valence-corrected chi connectivity index (χ0v) is 15.8. The Morgan fingerprint density at radius 1 is 1.14 bits per heavy atom. The van der Waals surface area contributed by atoms with E-state index in [9.17, 15) is 23.6 Å². The number of amides is 3. The van der Waals surface area contributed by atoms with Crippen LogP contribution >= 0.6 is 0 Å². The van der Waals surface area contributed by atoms with Gasteiger partial charge in [-0.05, 0) is 43.3 Å².